The lowest BCUT2D eigenvalue weighted by Gasteiger charge is -2.12. The van der Waals surface area contributed by atoms with Gasteiger partial charge < -0.3 is 4.74 Å². The van der Waals surface area contributed by atoms with Crippen LogP contribution in [0.1, 0.15) is 31.4 Å². The maximum Gasteiger partial charge on any atom is 0.125 e. The van der Waals surface area contributed by atoms with Gasteiger partial charge in [0, 0.05) is 0 Å². The summed E-state index contributed by atoms with van der Waals surface area (Å²) in [6, 6.07) is 6.33. The molecule has 1 nitrogen and oxygen atoms in total. The van der Waals surface area contributed by atoms with E-state index >= 15 is 0 Å². The Kier molecular flexibility index (Phi) is 3.81. The zero-order chi connectivity index (χ0) is 9.68. The first kappa shape index (κ1) is 10.1. The first-order valence-electron chi connectivity index (χ1n) is 5.00. The maximum atomic E-state index is 5.71. The minimum atomic E-state index is 0.817. The van der Waals surface area contributed by atoms with Crippen molar-refractivity contribution in [3.05, 3.63) is 29.3 Å². The van der Waals surface area contributed by atoms with Crippen molar-refractivity contribution in [3.8, 4) is 5.75 Å². The van der Waals surface area contributed by atoms with Crippen LogP contribution in [0.25, 0.3) is 0 Å². The van der Waals surface area contributed by atoms with Crippen LogP contribution in [0.4, 0.5) is 0 Å². The molecule has 0 bridgehead atoms. The molecule has 0 aliphatic heterocycles. The van der Waals surface area contributed by atoms with Gasteiger partial charge in [-0.3, -0.25) is 0 Å². The number of rotatable bonds is 4. The molecule has 0 saturated heterocycles. The van der Waals surface area contributed by atoms with E-state index in [1.165, 1.54) is 11.1 Å². The van der Waals surface area contributed by atoms with Gasteiger partial charge in [0.2, 0.25) is 0 Å². The molecule has 0 unspecified atom stereocenters. The van der Waals surface area contributed by atoms with Crippen LogP contribution in [0.3, 0.4) is 0 Å². The lowest BCUT2D eigenvalue weighted by molar-refractivity contribution is 0.312. The van der Waals surface area contributed by atoms with Crippen molar-refractivity contribution in [2.24, 2.45) is 0 Å². The lowest BCUT2D eigenvalue weighted by Crippen LogP contribution is -2.00. The number of ether oxygens (including phenoxy) is 1. The quantitative estimate of drug-likeness (QED) is 0.687. The highest BCUT2D eigenvalue weighted by Crippen LogP contribution is 2.23. The minimum absolute atomic E-state index is 0.817. The van der Waals surface area contributed by atoms with Gasteiger partial charge in [-0.2, -0.15) is 0 Å². The molecular formula is C12H18O. The number of hydrogen-bond acceptors (Lipinski definition) is 1. The average molecular weight is 178 g/mol. The molecule has 0 fully saturated rings. The Balaban J connectivity index is 2.87. The third kappa shape index (κ3) is 2.48. The van der Waals surface area contributed by atoms with Crippen LogP contribution < -0.4 is 4.74 Å². The first-order valence-corrected chi connectivity index (χ1v) is 5.00. The van der Waals surface area contributed by atoms with Gasteiger partial charge in [-0.1, -0.05) is 32.0 Å². The van der Waals surface area contributed by atoms with Gasteiger partial charge in [-0.05, 0) is 30.9 Å². The molecule has 0 amide bonds. The highest BCUT2D eigenvalue weighted by molar-refractivity contribution is 5.40. The molecule has 0 spiro atoms. The van der Waals surface area contributed by atoms with Crippen molar-refractivity contribution in [1.82, 2.24) is 0 Å². The van der Waals surface area contributed by atoms with E-state index in [4.69, 9.17) is 4.74 Å². The zero-order valence-corrected chi connectivity index (χ0v) is 8.76. The lowest BCUT2D eigenvalue weighted by atomic mass is 10.1. The Morgan fingerprint density at radius 3 is 2.62 bits per heavy atom. The number of para-hydroxylation sites is 1. The highest BCUT2D eigenvalue weighted by atomic mass is 16.5. The van der Waals surface area contributed by atoms with E-state index < -0.39 is 0 Å². The second-order valence-corrected chi connectivity index (χ2v) is 3.27. The largest absolute Gasteiger partial charge is 0.493 e. The van der Waals surface area contributed by atoms with Crippen LogP contribution in [0.2, 0.25) is 0 Å². The summed E-state index contributed by atoms with van der Waals surface area (Å²) in [5.74, 6) is 1.09. The number of benzene rings is 1. The van der Waals surface area contributed by atoms with Gasteiger partial charge in [0.05, 0.1) is 6.61 Å². The molecule has 1 aromatic carbocycles. The van der Waals surface area contributed by atoms with Gasteiger partial charge in [0.1, 0.15) is 5.75 Å². The Hall–Kier alpha value is -0.980. The average Bonchev–Trinajstić information content (AvgIpc) is 2.15. The molecule has 1 heteroatoms. The Bertz CT molecular complexity index is 266. The molecule has 0 aliphatic carbocycles. The van der Waals surface area contributed by atoms with E-state index in [2.05, 4.69) is 39.0 Å². The molecule has 0 N–H and O–H groups in total. The van der Waals surface area contributed by atoms with E-state index in [9.17, 15) is 0 Å². The van der Waals surface area contributed by atoms with Crippen LogP contribution in [-0.2, 0) is 6.42 Å². The van der Waals surface area contributed by atoms with Crippen molar-refractivity contribution < 1.29 is 4.74 Å². The smallest absolute Gasteiger partial charge is 0.125 e. The van der Waals surface area contributed by atoms with Crippen LogP contribution in [0.15, 0.2) is 18.2 Å². The summed E-state index contributed by atoms with van der Waals surface area (Å²) < 4.78 is 5.71. The van der Waals surface area contributed by atoms with Crippen molar-refractivity contribution in [3.63, 3.8) is 0 Å². The molecule has 1 aromatic rings. The van der Waals surface area contributed by atoms with Crippen LogP contribution in [-0.4, -0.2) is 6.61 Å². The molecule has 0 atom stereocenters. The third-order valence-electron chi connectivity index (χ3n) is 2.12. The van der Waals surface area contributed by atoms with E-state index in [1.807, 2.05) is 0 Å². The second kappa shape index (κ2) is 4.90. The Morgan fingerprint density at radius 1 is 1.23 bits per heavy atom. The first-order chi connectivity index (χ1) is 6.29. The van der Waals surface area contributed by atoms with Crippen molar-refractivity contribution in [2.75, 3.05) is 6.61 Å². The standard InChI is InChI=1S/C12H18O/c1-4-9-13-12-10(3)7-6-8-11(12)5-2/h6-8H,4-5,9H2,1-3H3. The minimum Gasteiger partial charge on any atom is -0.493 e. The molecule has 0 heterocycles. The van der Waals surface area contributed by atoms with Crippen LogP contribution in [0.5, 0.6) is 5.75 Å². The molecule has 0 aliphatic rings. The Morgan fingerprint density at radius 2 is 2.00 bits per heavy atom. The molecule has 1 rings (SSSR count). The summed E-state index contributed by atoms with van der Waals surface area (Å²) in [5, 5.41) is 0. The fourth-order valence-electron chi connectivity index (χ4n) is 1.40. The van der Waals surface area contributed by atoms with Crippen LogP contribution in [0, 0.1) is 6.92 Å². The van der Waals surface area contributed by atoms with E-state index in [0.717, 1.165) is 25.2 Å². The van der Waals surface area contributed by atoms with Gasteiger partial charge in [0.25, 0.3) is 0 Å². The number of hydrogen-bond donors (Lipinski definition) is 0. The van der Waals surface area contributed by atoms with Gasteiger partial charge in [-0.25, -0.2) is 0 Å². The number of aryl methyl sites for hydroxylation is 2. The fourth-order valence-corrected chi connectivity index (χ4v) is 1.40. The van der Waals surface area contributed by atoms with Gasteiger partial charge >= 0.3 is 0 Å². The SMILES string of the molecule is CCCOc1c(C)cccc1CC. The predicted octanol–water partition coefficient (Wildman–Crippen LogP) is 3.35. The van der Waals surface area contributed by atoms with Crippen molar-refractivity contribution in [2.45, 2.75) is 33.6 Å². The summed E-state index contributed by atoms with van der Waals surface area (Å²) in [6.45, 7) is 7.21. The second-order valence-electron chi connectivity index (χ2n) is 3.27. The third-order valence-corrected chi connectivity index (χ3v) is 2.12. The van der Waals surface area contributed by atoms with Gasteiger partial charge in [0.15, 0.2) is 0 Å². The molecule has 72 valence electrons. The predicted molar refractivity (Wildman–Crippen MR) is 56.3 cm³/mol. The summed E-state index contributed by atoms with van der Waals surface area (Å²) in [6.07, 6.45) is 2.11. The summed E-state index contributed by atoms with van der Waals surface area (Å²) in [7, 11) is 0. The molecule has 0 saturated carbocycles. The monoisotopic (exact) mass is 178 g/mol. The zero-order valence-electron chi connectivity index (χ0n) is 8.76. The molecular weight excluding hydrogens is 160 g/mol. The summed E-state index contributed by atoms with van der Waals surface area (Å²) in [5.41, 5.74) is 2.56. The topological polar surface area (TPSA) is 9.23 Å². The fraction of sp³-hybridized carbons (Fsp3) is 0.500. The van der Waals surface area contributed by atoms with E-state index in [0.29, 0.717) is 0 Å². The molecule has 13 heavy (non-hydrogen) atoms. The normalized spacial score (nSPS) is 10.1. The Labute approximate surface area is 80.7 Å². The summed E-state index contributed by atoms with van der Waals surface area (Å²) >= 11 is 0. The van der Waals surface area contributed by atoms with Gasteiger partial charge in [-0.15, -0.1) is 0 Å². The maximum absolute atomic E-state index is 5.71. The van der Waals surface area contributed by atoms with Crippen molar-refractivity contribution >= 4 is 0 Å². The van der Waals surface area contributed by atoms with E-state index in [1.54, 1.807) is 0 Å². The molecule has 0 aromatic heterocycles. The summed E-state index contributed by atoms with van der Waals surface area (Å²) in [4.78, 5) is 0. The molecule has 0 radical (unpaired) electrons. The van der Waals surface area contributed by atoms with E-state index in [-0.39, 0.29) is 0 Å². The van der Waals surface area contributed by atoms with Crippen molar-refractivity contribution in [1.29, 1.82) is 0 Å². The highest BCUT2D eigenvalue weighted by Gasteiger charge is 2.03. The van der Waals surface area contributed by atoms with Crippen LogP contribution >= 0.6 is 0 Å².